The molecule has 0 bridgehead atoms. The second-order valence-electron chi connectivity index (χ2n) is 5.24. The number of methoxy groups -OCH3 is 1. The number of nitrogens with zero attached hydrogens (tertiary/aromatic N) is 2. The maximum atomic E-state index is 5.62. The highest BCUT2D eigenvalue weighted by Crippen LogP contribution is 2.26. The summed E-state index contributed by atoms with van der Waals surface area (Å²) < 4.78 is 5.11. The molecule has 1 aliphatic rings. The third-order valence-electron chi connectivity index (χ3n) is 3.64. The summed E-state index contributed by atoms with van der Waals surface area (Å²) in [5.41, 5.74) is 4.11. The molecule has 1 aliphatic heterocycles. The first kappa shape index (κ1) is 14.8. The van der Waals surface area contributed by atoms with Crippen LogP contribution in [0.4, 0.5) is 0 Å². The molecule has 20 heavy (non-hydrogen) atoms. The fraction of sp³-hybridized carbons (Fsp3) is 0.533. The highest BCUT2D eigenvalue weighted by atomic mass is 16.5. The Morgan fingerprint density at radius 3 is 2.90 bits per heavy atom. The van der Waals surface area contributed by atoms with E-state index in [-0.39, 0.29) is 6.04 Å². The molecule has 1 heterocycles. The van der Waals surface area contributed by atoms with Gasteiger partial charge in [-0.05, 0) is 18.9 Å². The first-order chi connectivity index (χ1) is 9.74. The minimum atomic E-state index is 0.0989. The summed E-state index contributed by atoms with van der Waals surface area (Å²) >= 11 is 0. The van der Waals surface area contributed by atoms with Gasteiger partial charge in [-0.15, -0.1) is 0 Å². The fourth-order valence-electron chi connectivity index (χ4n) is 2.65. The Hall–Kier alpha value is -1.59. The minimum Gasteiger partial charge on any atom is -0.382 e. The molecule has 1 fully saturated rings. The van der Waals surface area contributed by atoms with Crippen LogP contribution in [0.15, 0.2) is 35.3 Å². The van der Waals surface area contributed by atoms with Crippen molar-refractivity contribution < 1.29 is 4.74 Å². The molecule has 2 atom stereocenters. The number of guanidine groups is 1. The highest BCUT2D eigenvalue weighted by Gasteiger charge is 2.26. The number of benzene rings is 1. The molecule has 0 radical (unpaired) electrons. The summed E-state index contributed by atoms with van der Waals surface area (Å²) in [6.45, 7) is 4.54. The Morgan fingerprint density at radius 1 is 1.50 bits per heavy atom. The van der Waals surface area contributed by atoms with Crippen molar-refractivity contribution in [3.05, 3.63) is 35.9 Å². The quantitative estimate of drug-likeness (QED) is 0.377. The Bertz CT molecular complexity index is 435. The van der Waals surface area contributed by atoms with Crippen LogP contribution in [0, 0.1) is 0 Å². The molecular formula is C15H24N4O. The van der Waals surface area contributed by atoms with Crippen LogP contribution in [0.1, 0.15) is 24.8 Å². The molecule has 0 saturated carbocycles. The monoisotopic (exact) mass is 276 g/mol. The topological polar surface area (TPSA) is 62.9 Å². The Kier molecular flexibility index (Phi) is 5.38. The van der Waals surface area contributed by atoms with Gasteiger partial charge in [0.25, 0.3) is 0 Å². The number of nitrogens with one attached hydrogen (secondary N) is 1. The van der Waals surface area contributed by atoms with Gasteiger partial charge < -0.3 is 9.64 Å². The Labute approximate surface area is 120 Å². The van der Waals surface area contributed by atoms with E-state index in [4.69, 9.17) is 10.6 Å². The van der Waals surface area contributed by atoms with E-state index < -0.39 is 0 Å². The standard InChI is InChI=1S/C15H24N4O/c1-12(11-20-2)17-15(18-16)19-9-8-14(10-19)13-6-4-3-5-7-13/h3-7,12,14H,8-11,16H2,1-2H3,(H,17,18). The molecule has 0 aromatic heterocycles. The van der Waals surface area contributed by atoms with E-state index in [0.29, 0.717) is 12.5 Å². The van der Waals surface area contributed by atoms with Gasteiger partial charge in [0.2, 0.25) is 5.96 Å². The smallest absolute Gasteiger partial charge is 0.208 e. The van der Waals surface area contributed by atoms with Crippen LogP contribution in [0.5, 0.6) is 0 Å². The zero-order chi connectivity index (χ0) is 14.4. The second kappa shape index (κ2) is 7.26. The number of hydrogen-bond acceptors (Lipinski definition) is 3. The predicted molar refractivity (Wildman–Crippen MR) is 81.5 cm³/mol. The zero-order valence-corrected chi connectivity index (χ0v) is 12.2. The molecule has 2 rings (SSSR count). The van der Waals surface area contributed by atoms with Crippen molar-refractivity contribution in [2.24, 2.45) is 10.8 Å². The summed E-state index contributed by atoms with van der Waals surface area (Å²) in [4.78, 5) is 6.79. The number of likely N-dealkylation sites (tertiary alicyclic amines) is 1. The van der Waals surface area contributed by atoms with Gasteiger partial charge in [0.1, 0.15) is 0 Å². The third kappa shape index (κ3) is 3.71. The number of rotatable bonds is 4. The average molecular weight is 276 g/mol. The molecule has 0 spiro atoms. The Balaban J connectivity index is 2.00. The van der Waals surface area contributed by atoms with Crippen LogP contribution in [-0.2, 0) is 4.74 Å². The van der Waals surface area contributed by atoms with Crippen molar-refractivity contribution in [1.29, 1.82) is 0 Å². The molecule has 5 nitrogen and oxygen atoms in total. The van der Waals surface area contributed by atoms with Crippen LogP contribution in [0.2, 0.25) is 0 Å². The van der Waals surface area contributed by atoms with Crippen molar-refractivity contribution in [2.45, 2.75) is 25.3 Å². The van der Waals surface area contributed by atoms with E-state index in [2.05, 4.69) is 45.6 Å². The molecule has 0 aliphatic carbocycles. The van der Waals surface area contributed by atoms with Crippen LogP contribution in [0.25, 0.3) is 0 Å². The zero-order valence-electron chi connectivity index (χ0n) is 12.2. The number of ether oxygens (including phenoxy) is 1. The molecular weight excluding hydrogens is 252 g/mol. The normalized spacial score (nSPS) is 21.1. The van der Waals surface area contributed by atoms with E-state index in [1.807, 2.05) is 6.92 Å². The highest BCUT2D eigenvalue weighted by molar-refractivity contribution is 5.80. The average Bonchev–Trinajstić information content (AvgIpc) is 2.95. The Morgan fingerprint density at radius 2 is 2.25 bits per heavy atom. The summed E-state index contributed by atoms with van der Waals surface area (Å²) in [6, 6.07) is 10.7. The van der Waals surface area contributed by atoms with Crippen molar-refractivity contribution in [2.75, 3.05) is 26.8 Å². The number of hydrogen-bond donors (Lipinski definition) is 2. The lowest BCUT2D eigenvalue weighted by Gasteiger charge is -2.21. The molecule has 1 aromatic rings. The molecule has 1 aromatic carbocycles. The van der Waals surface area contributed by atoms with E-state index in [0.717, 1.165) is 25.5 Å². The molecule has 110 valence electrons. The van der Waals surface area contributed by atoms with Crippen LogP contribution < -0.4 is 11.3 Å². The SMILES string of the molecule is COCC(C)N=C(NN)N1CCC(c2ccccc2)C1. The van der Waals surface area contributed by atoms with Gasteiger partial charge in [-0.1, -0.05) is 30.3 Å². The predicted octanol–water partition coefficient (Wildman–Crippen LogP) is 1.33. The summed E-state index contributed by atoms with van der Waals surface area (Å²) in [5.74, 6) is 6.92. The van der Waals surface area contributed by atoms with Gasteiger partial charge in [0.05, 0.1) is 12.6 Å². The number of hydrazine groups is 1. The van der Waals surface area contributed by atoms with Crippen LogP contribution in [0.3, 0.4) is 0 Å². The van der Waals surface area contributed by atoms with Gasteiger partial charge in [-0.25, -0.2) is 10.8 Å². The van der Waals surface area contributed by atoms with Gasteiger partial charge in [-0.3, -0.25) is 5.43 Å². The molecule has 3 N–H and O–H groups in total. The first-order valence-corrected chi connectivity index (χ1v) is 7.07. The van der Waals surface area contributed by atoms with Crippen molar-refractivity contribution in [3.63, 3.8) is 0 Å². The fourth-order valence-corrected chi connectivity index (χ4v) is 2.65. The second-order valence-corrected chi connectivity index (χ2v) is 5.24. The van der Waals surface area contributed by atoms with E-state index in [9.17, 15) is 0 Å². The van der Waals surface area contributed by atoms with Gasteiger partial charge in [-0.2, -0.15) is 0 Å². The van der Waals surface area contributed by atoms with E-state index in [1.54, 1.807) is 7.11 Å². The van der Waals surface area contributed by atoms with Gasteiger partial charge >= 0.3 is 0 Å². The maximum Gasteiger partial charge on any atom is 0.208 e. The third-order valence-corrected chi connectivity index (χ3v) is 3.64. The van der Waals surface area contributed by atoms with Crippen LogP contribution >= 0.6 is 0 Å². The molecule has 5 heteroatoms. The van der Waals surface area contributed by atoms with E-state index >= 15 is 0 Å². The molecule has 1 saturated heterocycles. The van der Waals surface area contributed by atoms with Crippen LogP contribution in [-0.4, -0.2) is 43.7 Å². The number of aliphatic imine (C=N–C) groups is 1. The number of nitrogens with two attached hydrogens (primary N) is 1. The van der Waals surface area contributed by atoms with Crippen molar-refractivity contribution >= 4 is 5.96 Å². The lowest BCUT2D eigenvalue weighted by molar-refractivity contribution is 0.185. The summed E-state index contributed by atoms with van der Waals surface area (Å²) in [6.07, 6.45) is 1.13. The van der Waals surface area contributed by atoms with Gasteiger partial charge in [0.15, 0.2) is 0 Å². The molecule has 2 unspecified atom stereocenters. The molecule has 0 amide bonds. The lowest BCUT2D eigenvalue weighted by atomic mass is 9.99. The minimum absolute atomic E-state index is 0.0989. The lowest BCUT2D eigenvalue weighted by Crippen LogP contribution is -2.44. The summed E-state index contributed by atoms with van der Waals surface area (Å²) in [5, 5.41) is 0. The van der Waals surface area contributed by atoms with Gasteiger partial charge in [0, 0.05) is 26.1 Å². The first-order valence-electron chi connectivity index (χ1n) is 7.07. The van der Waals surface area contributed by atoms with Crippen molar-refractivity contribution in [1.82, 2.24) is 10.3 Å². The largest absolute Gasteiger partial charge is 0.382 e. The van der Waals surface area contributed by atoms with E-state index in [1.165, 1.54) is 5.56 Å². The van der Waals surface area contributed by atoms with Crippen molar-refractivity contribution in [3.8, 4) is 0 Å². The summed E-state index contributed by atoms with van der Waals surface area (Å²) in [7, 11) is 1.68. The maximum absolute atomic E-state index is 5.62.